The Kier molecular flexibility index (Phi) is 7.38. The summed E-state index contributed by atoms with van der Waals surface area (Å²) in [5, 5.41) is 3.38. The number of halogens is 1. The molecule has 0 aliphatic heterocycles. The molecule has 1 atom stereocenters. The van der Waals surface area contributed by atoms with Crippen molar-refractivity contribution in [3.05, 3.63) is 22.7 Å². The van der Waals surface area contributed by atoms with E-state index >= 15 is 0 Å². The number of ether oxygens (including phenoxy) is 2. The Morgan fingerprint density at radius 1 is 1.36 bits per heavy atom. The standard InChI is InChI=1S/C19H29ClN2O3/c1-5-9-25-18-16(20)10-14(11-17(18)24-6-2)19(23)21-12-13(3)22(4)15-7-8-15/h10-11,13,15H,5-9,12H2,1-4H3,(H,21,23). The molecular weight excluding hydrogens is 340 g/mol. The number of hydrogen-bond acceptors (Lipinski definition) is 4. The lowest BCUT2D eigenvalue weighted by Gasteiger charge is -2.24. The Morgan fingerprint density at radius 3 is 2.68 bits per heavy atom. The van der Waals surface area contributed by atoms with Gasteiger partial charge >= 0.3 is 0 Å². The van der Waals surface area contributed by atoms with E-state index in [0.717, 1.165) is 6.42 Å². The van der Waals surface area contributed by atoms with Crippen LogP contribution < -0.4 is 14.8 Å². The maximum atomic E-state index is 12.5. The summed E-state index contributed by atoms with van der Waals surface area (Å²) in [5.74, 6) is 0.862. The van der Waals surface area contributed by atoms with Gasteiger partial charge in [0.25, 0.3) is 5.91 Å². The summed E-state index contributed by atoms with van der Waals surface area (Å²) in [4.78, 5) is 14.8. The fraction of sp³-hybridized carbons (Fsp3) is 0.632. The van der Waals surface area contributed by atoms with Gasteiger partial charge < -0.3 is 14.8 Å². The molecule has 0 bridgehead atoms. The van der Waals surface area contributed by atoms with Crippen molar-refractivity contribution in [2.24, 2.45) is 0 Å². The lowest BCUT2D eigenvalue weighted by molar-refractivity contribution is 0.0939. The van der Waals surface area contributed by atoms with Crippen LogP contribution in [0.3, 0.4) is 0 Å². The Balaban J connectivity index is 2.05. The van der Waals surface area contributed by atoms with Crippen LogP contribution in [-0.4, -0.2) is 49.7 Å². The first-order valence-electron chi connectivity index (χ1n) is 9.07. The van der Waals surface area contributed by atoms with Crippen LogP contribution in [0, 0.1) is 0 Å². The number of amides is 1. The molecule has 0 saturated heterocycles. The van der Waals surface area contributed by atoms with Gasteiger partial charge in [-0.2, -0.15) is 0 Å². The van der Waals surface area contributed by atoms with Crippen molar-refractivity contribution >= 4 is 17.5 Å². The monoisotopic (exact) mass is 368 g/mol. The molecule has 1 aromatic carbocycles. The number of carbonyl (C=O) groups excluding carboxylic acids is 1. The van der Waals surface area contributed by atoms with E-state index in [0.29, 0.717) is 53.9 Å². The molecule has 1 N–H and O–H groups in total. The Hall–Kier alpha value is -1.46. The molecule has 25 heavy (non-hydrogen) atoms. The molecule has 1 fully saturated rings. The number of likely N-dealkylation sites (N-methyl/N-ethyl adjacent to an activating group) is 1. The van der Waals surface area contributed by atoms with Crippen molar-refractivity contribution in [1.82, 2.24) is 10.2 Å². The second-order valence-corrected chi connectivity index (χ2v) is 6.93. The minimum absolute atomic E-state index is 0.152. The Bertz CT molecular complexity index is 590. The van der Waals surface area contributed by atoms with Gasteiger partial charge in [-0.15, -0.1) is 0 Å². The van der Waals surface area contributed by atoms with Crippen molar-refractivity contribution < 1.29 is 14.3 Å². The van der Waals surface area contributed by atoms with Crippen LogP contribution in [0.15, 0.2) is 12.1 Å². The van der Waals surface area contributed by atoms with E-state index in [4.69, 9.17) is 21.1 Å². The summed E-state index contributed by atoms with van der Waals surface area (Å²) in [7, 11) is 2.11. The third-order valence-electron chi connectivity index (χ3n) is 4.40. The van der Waals surface area contributed by atoms with Gasteiger partial charge in [0.1, 0.15) is 0 Å². The molecule has 2 rings (SSSR count). The first kappa shape index (κ1) is 19.9. The third-order valence-corrected chi connectivity index (χ3v) is 4.68. The molecule has 0 aromatic heterocycles. The molecule has 1 aliphatic carbocycles. The van der Waals surface area contributed by atoms with E-state index in [1.165, 1.54) is 12.8 Å². The molecule has 5 nitrogen and oxygen atoms in total. The SMILES string of the molecule is CCCOc1c(Cl)cc(C(=O)NCC(C)N(C)C2CC2)cc1OCC. The fourth-order valence-electron chi connectivity index (χ4n) is 2.63. The van der Waals surface area contributed by atoms with Gasteiger partial charge in [-0.25, -0.2) is 0 Å². The predicted molar refractivity (Wildman–Crippen MR) is 101 cm³/mol. The van der Waals surface area contributed by atoms with Crippen molar-refractivity contribution in [2.75, 3.05) is 26.8 Å². The summed E-state index contributed by atoms with van der Waals surface area (Å²) in [6.07, 6.45) is 3.37. The molecule has 1 aromatic rings. The van der Waals surface area contributed by atoms with E-state index < -0.39 is 0 Å². The van der Waals surface area contributed by atoms with Gasteiger partial charge in [0.2, 0.25) is 0 Å². The zero-order chi connectivity index (χ0) is 18.4. The summed E-state index contributed by atoms with van der Waals surface area (Å²) in [6.45, 7) is 7.67. The fourth-order valence-corrected chi connectivity index (χ4v) is 2.90. The van der Waals surface area contributed by atoms with Crippen molar-refractivity contribution in [2.45, 2.75) is 52.1 Å². The van der Waals surface area contributed by atoms with Gasteiger partial charge in [0.05, 0.1) is 18.2 Å². The molecule has 6 heteroatoms. The highest BCUT2D eigenvalue weighted by molar-refractivity contribution is 6.32. The zero-order valence-corrected chi connectivity index (χ0v) is 16.4. The highest BCUT2D eigenvalue weighted by atomic mass is 35.5. The normalized spacial score (nSPS) is 15.1. The Labute approximate surface area is 155 Å². The average molecular weight is 369 g/mol. The van der Waals surface area contributed by atoms with Crippen LogP contribution in [0.1, 0.15) is 50.4 Å². The average Bonchev–Trinajstić information content (AvgIpc) is 3.43. The van der Waals surface area contributed by atoms with Crippen molar-refractivity contribution in [3.8, 4) is 11.5 Å². The highest BCUT2D eigenvalue weighted by Crippen LogP contribution is 2.36. The number of benzene rings is 1. The van der Waals surface area contributed by atoms with Gasteiger partial charge in [-0.05, 0) is 52.3 Å². The number of carbonyl (C=O) groups is 1. The first-order valence-corrected chi connectivity index (χ1v) is 9.44. The van der Waals surface area contributed by atoms with Crippen molar-refractivity contribution in [1.29, 1.82) is 0 Å². The molecule has 0 heterocycles. The third kappa shape index (κ3) is 5.51. The molecule has 0 radical (unpaired) electrons. The van der Waals surface area contributed by atoms with Gasteiger partial charge in [0, 0.05) is 24.2 Å². The summed E-state index contributed by atoms with van der Waals surface area (Å²) >= 11 is 6.32. The van der Waals surface area contributed by atoms with E-state index in [9.17, 15) is 4.79 Å². The molecule has 1 unspecified atom stereocenters. The first-order chi connectivity index (χ1) is 12.0. The summed E-state index contributed by atoms with van der Waals surface area (Å²) in [5.41, 5.74) is 0.485. The summed E-state index contributed by atoms with van der Waals surface area (Å²) < 4.78 is 11.3. The maximum absolute atomic E-state index is 12.5. The number of rotatable bonds is 10. The van der Waals surface area contributed by atoms with Crippen LogP contribution in [0.2, 0.25) is 5.02 Å². The van der Waals surface area contributed by atoms with E-state index in [1.54, 1.807) is 12.1 Å². The topological polar surface area (TPSA) is 50.8 Å². The van der Waals surface area contributed by atoms with Crippen LogP contribution in [0.5, 0.6) is 11.5 Å². The van der Waals surface area contributed by atoms with Crippen LogP contribution >= 0.6 is 11.6 Å². The van der Waals surface area contributed by atoms with Crippen LogP contribution in [-0.2, 0) is 0 Å². The van der Waals surface area contributed by atoms with Crippen LogP contribution in [0.4, 0.5) is 0 Å². The van der Waals surface area contributed by atoms with Gasteiger partial charge in [-0.1, -0.05) is 18.5 Å². The molecule has 0 spiro atoms. The molecular formula is C19H29ClN2O3. The maximum Gasteiger partial charge on any atom is 0.251 e. The predicted octanol–water partition coefficient (Wildman–Crippen LogP) is 3.74. The minimum atomic E-state index is -0.152. The number of hydrogen-bond donors (Lipinski definition) is 1. The lowest BCUT2D eigenvalue weighted by atomic mass is 10.1. The van der Waals surface area contributed by atoms with Crippen LogP contribution in [0.25, 0.3) is 0 Å². The summed E-state index contributed by atoms with van der Waals surface area (Å²) in [6, 6.07) is 4.30. The lowest BCUT2D eigenvalue weighted by Crippen LogP contribution is -2.41. The number of nitrogens with one attached hydrogen (secondary N) is 1. The second-order valence-electron chi connectivity index (χ2n) is 6.52. The highest BCUT2D eigenvalue weighted by Gasteiger charge is 2.29. The molecule has 1 aliphatic rings. The largest absolute Gasteiger partial charge is 0.490 e. The number of nitrogens with zero attached hydrogens (tertiary/aromatic N) is 1. The second kappa shape index (κ2) is 9.30. The smallest absolute Gasteiger partial charge is 0.251 e. The van der Waals surface area contributed by atoms with E-state index in [1.807, 2.05) is 13.8 Å². The molecule has 140 valence electrons. The Morgan fingerprint density at radius 2 is 2.08 bits per heavy atom. The quantitative estimate of drug-likeness (QED) is 0.683. The van der Waals surface area contributed by atoms with Gasteiger partial charge in [-0.3, -0.25) is 9.69 Å². The van der Waals surface area contributed by atoms with Crippen molar-refractivity contribution in [3.63, 3.8) is 0 Å². The van der Waals surface area contributed by atoms with E-state index in [-0.39, 0.29) is 5.91 Å². The zero-order valence-electron chi connectivity index (χ0n) is 15.6. The van der Waals surface area contributed by atoms with Gasteiger partial charge in [0.15, 0.2) is 11.5 Å². The van der Waals surface area contributed by atoms with E-state index in [2.05, 4.69) is 24.2 Å². The molecule has 1 amide bonds. The minimum Gasteiger partial charge on any atom is -0.490 e. The molecule has 1 saturated carbocycles.